The van der Waals surface area contributed by atoms with E-state index in [-0.39, 0.29) is 5.97 Å². The molecule has 2 aromatic rings. The van der Waals surface area contributed by atoms with Crippen molar-refractivity contribution in [2.45, 2.75) is 39.0 Å². The number of rotatable bonds is 3. The van der Waals surface area contributed by atoms with E-state index in [1.807, 2.05) is 6.07 Å². The van der Waals surface area contributed by atoms with Gasteiger partial charge in [0, 0.05) is 5.69 Å². The number of hydrogen-bond acceptors (Lipinski definition) is 2. The summed E-state index contributed by atoms with van der Waals surface area (Å²) in [6.45, 7) is 4.30. The number of aromatic amines is 1. The summed E-state index contributed by atoms with van der Waals surface area (Å²) >= 11 is 0. The van der Waals surface area contributed by atoms with Crippen LogP contribution < -0.4 is 0 Å². The number of benzene rings is 1. The van der Waals surface area contributed by atoms with Gasteiger partial charge in [0.1, 0.15) is 5.69 Å². The minimum Gasteiger partial charge on any atom is -0.464 e. The molecule has 0 amide bonds. The molecule has 0 bridgehead atoms. The van der Waals surface area contributed by atoms with Gasteiger partial charge in [-0.1, -0.05) is 18.2 Å². The van der Waals surface area contributed by atoms with Crippen molar-refractivity contribution in [1.82, 2.24) is 4.98 Å². The van der Waals surface area contributed by atoms with E-state index in [1.54, 1.807) is 0 Å². The Morgan fingerprint density at radius 1 is 1.29 bits per heavy atom. The van der Waals surface area contributed by atoms with Crippen molar-refractivity contribution in [3.63, 3.8) is 0 Å². The Hall–Kier alpha value is -2.03. The standard InChI is InChI=1S/C18H21NO2/c1-11-4-5-13(8-12(11)2)9-14-6-7-16-15(14)10-17(19-16)18(20)21-3/h4-5,8,10,14,19H,6-7,9H2,1-3H3. The van der Waals surface area contributed by atoms with Crippen molar-refractivity contribution < 1.29 is 9.53 Å². The summed E-state index contributed by atoms with van der Waals surface area (Å²) in [4.78, 5) is 14.8. The number of aromatic nitrogens is 1. The topological polar surface area (TPSA) is 42.1 Å². The highest BCUT2D eigenvalue weighted by Crippen LogP contribution is 2.36. The van der Waals surface area contributed by atoms with Crippen LogP contribution in [0.15, 0.2) is 24.3 Å². The van der Waals surface area contributed by atoms with Crippen LogP contribution in [0.1, 0.15) is 50.8 Å². The molecule has 0 saturated carbocycles. The van der Waals surface area contributed by atoms with Crippen LogP contribution in [-0.4, -0.2) is 18.1 Å². The monoisotopic (exact) mass is 283 g/mol. The van der Waals surface area contributed by atoms with E-state index in [2.05, 4.69) is 37.0 Å². The van der Waals surface area contributed by atoms with E-state index >= 15 is 0 Å². The van der Waals surface area contributed by atoms with Crippen LogP contribution in [-0.2, 0) is 17.6 Å². The molecule has 3 heteroatoms. The first-order valence-electron chi connectivity index (χ1n) is 7.44. The van der Waals surface area contributed by atoms with Crippen molar-refractivity contribution in [1.29, 1.82) is 0 Å². The summed E-state index contributed by atoms with van der Waals surface area (Å²) in [5.41, 5.74) is 7.11. The molecule has 1 aliphatic rings. The van der Waals surface area contributed by atoms with E-state index in [0.717, 1.165) is 19.3 Å². The molecule has 21 heavy (non-hydrogen) atoms. The Kier molecular flexibility index (Phi) is 3.58. The summed E-state index contributed by atoms with van der Waals surface area (Å²) < 4.78 is 4.79. The number of hydrogen-bond donors (Lipinski definition) is 1. The first-order chi connectivity index (χ1) is 10.1. The number of nitrogens with one attached hydrogen (secondary N) is 1. The van der Waals surface area contributed by atoms with Gasteiger partial charge in [-0.05, 0) is 67.3 Å². The van der Waals surface area contributed by atoms with E-state index in [4.69, 9.17) is 4.74 Å². The van der Waals surface area contributed by atoms with Crippen LogP contribution in [0.3, 0.4) is 0 Å². The lowest BCUT2D eigenvalue weighted by atomic mass is 9.93. The largest absolute Gasteiger partial charge is 0.464 e. The van der Waals surface area contributed by atoms with Crippen molar-refractivity contribution >= 4 is 5.97 Å². The van der Waals surface area contributed by atoms with Crippen LogP contribution in [0.2, 0.25) is 0 Å². The maximum absolute atomic E-state index is 11.6. The Morgan fingerprint density at radius 3 is 2.81 bits per heavy atom. The second-order valence-corrected chi connectivity index (χ2v) is 5.97. The minimum absolute atomic E-state index is 0.283. The Morgan fingerprint density at radius 2 is 2.10 bits per heavy atom. The third-order valence-corrected chi connectivity index (χ3v) is 4.58. The molecule has 1 aromatic carbocycles. The average Bonchev–Trinajstić information content (AvgIpc) is 3.04. The van der Waals surface area contributed by atoms with Crippen LogP contribution in [0, 0.1) is 13.8 Å². The van der Waals surface area contributed by atoms with Crippen LogP contribution >= 0.6 is 0 Å². The van der Waals surface area contributed by atoms with Gasteiger partial charge < -0.3 is 9.72 Å². The molecule has 1 atom stereocenters. The van der Waals surface area contributed by atoms with Crippen LogP contribution in [0.5, 0.6) is 0 Å². The molecule has 1 unspecified atom stereocenters. The summed E-state index contributed by atoms with van der Waals surface area (Å²) in [6, 6.07) is 8.66. The molecule has 110 valence electrons. The van der Waals surface area contributed by atoms with Gasteiger partial charge in [0.25, 0.3) is 0 Å². The van der Waals surface area contributed by atoms with Crippen LogP contribution in [0.4, 0.5) is 0 Å². The highest BCUT2D eigenvalue weighted by Gasteiger charge is 2.26. The van der Waals surface area contributed by atoms with Gasteiger partial charge in [0.05, 0.1) is 7.11 Å². The highest BCUT2D eigenvalue weighted by atomic mass is 16.5. The van der Waals surface area contributed by atoms with E-state index < -0.39 is 0 Å². The first-order valence-corrected chi connectivity index (χ1v) is 7.44. The maximum Gasteiger partial charge on any atom is 0.354 e. The zero-order chi connectivity index (χ0) is 15.0. The van der Waals surface area contributed by atoms with E-state index in [1.165, 1.54) is 35.1 Å². The predicted molar refractivity (Wildman–Crippen MR) is 82.8 cm³/mol. The molecule has 0 radical (unpaired) electrons. The summed E-state index contributed by atoms with van der Waals surface area (Å²) in [5, 5.41) is 0. The predicted octanol–water partition coefficient (Wildman–Crippen LogP) is 3.69. The number of ether oxygens (including phenoxy) is 1. The number of carbonyl (C=O) groups excluding carboxylic acids is 1. The molecule has 3 rings (SSSR count). The fourth-order valence-corrected chi connectivity index (χ4v) is 3.21. The fourth-order valence-electron chi connectivity index (χ4n) is 3.21. The summed E-state index contributed by atoms with van der Waals surface area (Å²) in [7, 11) is 1.42. The Balaban J connectivity index is 1.82. The van der Waals surface area contributed by atoms with Crippen molar-refractivity contribution in [3.8, 4) is 0 Å². The van der Waals surface area contributed by atoms with Crippen LogP contribution in [0.25, 0.3) is 0 Å². The molecule has 1 heterocycles. The quantitative estimate of drug-likeness (QED) is 0.873. The van der Waals surface area contributed by atoms with Gasteiger partial charge in [-0.2, -0.15) is 0 Å². The Labute approximate surface area is 125 Å². The Bertz CT molecular complexity index is 685. The lowest BCUT2D eigenvalue weighted by Crippen LogP contribution is -2.03. The molecular formula is C18H21NO2. The number of H-pyrrole nitrogens is 1. The maximum atomic E-state index is 11.6. The molecule has 1 aromatic heterocycles. The number of aryl methyl sites for hydroxylation is 3. The molecule has 0 spiro atoms. The first kappa shape index (κ1) is 13.9. The number of carbonyl (C=O) groups is 1. The highest BCUT2D eigenvalue weighted by molar-refractivity contribution is 5.88. The second kappa shape index (κ2) is 5.40. The smallest absolute Gasteiger partial charge is 0.354 e. The third kappa shape index (κ3) is 2.60. The van der Waals surface area contributed by atoms with Gasteiger partial charge in [-0.25, -0.2) is 4.79 Å². The molecule has 0 fully saturated rings. The fraction of sp³-hybridized carbons (Fsp3) is 0.389. The van der Waals surface area contributed by atoms with E-state index in [9.17, 15) is 4.79 Å². The van der Waals surface area contributed by atoms with Crippen molar-refractivity contribution in [2.24, 2.45) is 0 Å². The van der Waals surface area contributed by atoms with Gasteiger partial charge in [0.2, 0.25) is 0 Å². The minimum atomic E-state index is -0.283. The number of fused-ring (bicyclic) bond motifs is 1. The molecule has 3 nitrogen and oxygen atoms in total. The normalized spacial score (nSPS) is 16.8. The van der Waals surface area contributed by atoms with Gasteiger partial charge in [-0.15, -0.1) is 0 Å². The second-order valence-electron chi connectivity index (χ2n) is 5.97. The SMILES string of the molecule is COC(=O)c1cc2c([nH]1)CCC2Cc1ccc(C)c(C)c1. The van der Waals surface area contributed by atoms with E-state index in [0.29, 0.717) is 11.6 Å². The summed E-state index contributed by atoms with van der Waals surface area (Å²) in [5.74, 6) is 0.214. The number of esters is 1. The molecule has 1 aliphatic carbocycles. The molecule has 1 N–H and O–H groups in total. The summed E-state index contributed by atoms with van der Waals surface area (Å²) in [6.07, 6.45) is 3.20. The lowest BCUT2D eigenvalue weighted by Gasteiger charge is -2.11. The lowest BCUT2D eigenvalue weighted by molar-refractivity contribution is 0.0594. The zero-order valence-electron chi connectivity index (χ0n) is 12.8. The molecule has 0 saturated heterocycles. The van der Waals surface area contributed by atoms with Crippen molar-refractivity contribution in [3.05, 3.63) is 57.9 Å². The van der Waals surface area contributed by atoms with Gasteiger partial charge >= 0.3 is 5.97 Å². The van der Waals surface area contributed by atoms with Crippen molar-refractivity contribution in [2.75, 3.05) is 7.11 Å². The zero-order valence-corrected chi connectivity index (χ0v) is 12.8. The average molecular weight is 283 g/mol. The van der Waals surface area contributed by atoms with Gasteiger partial charge in [-0.3, -0.25) is 0 Å². The number of methoxy groups -OCH3 is 1. The molecule has 0 aliphatic heterocycles. The third-order valence-electron chi connectivity index (χ3n) is 4.58. The molecular weight excluding hydrogens is 262 g/mol. The van der Waals surface area contributed by atoms with Gasteiger partial charge in [0.15, 0.2) is 0 Å².